The first kappa shape index (κ1) is 14.8. The second-order valence-corrected chi connectivity index (χ2v) is 5.91. The minimum atomic E-state index is -0.441. The third kappa shape index (κ3) is 3.94. The van der Waals surface area contributed by atoms with Crippen molar-refractivity contribution in [1.82, 2.24) is 9.97 Å². The zero-order valence-corrected chi connectivity index (χ0v) is 12.9. The molecule has 0 bridgehead atoms. The molecule has 0 saturated carbocycles. The predicted molar refractivity (Wildman–Crippen MR) is 83.4 cm³/mol. The number of hydrogen-bond acceptors (Lipinski definition) is 6. The highest BCUT2D eigenvalue weighted by molar-refractivity contribution is 7.98. The van der Waals surface area contributed by atoms with Gasteiger partial charge in [-0.15, -0.1) is 0 Å². The van der Waals surface area contributed by atoms with Crippen LogP contribution in [0.4, 0.5) is 9.80 Å². The van der Waals surface area contributed by atoms with Crippen molar-refractivity contribution in [2.45, 2.75) is 6.92 Å². The van der Waals surface area contributed by atoms with Crippen LogP contribution in [0.5, 0.6) is 0 Å². The van der Waals surface area contributed by atoms with Crippen LogP contribution in [0.1, 0.15) is 5.69 Å². The van der Waals surface area contributed by atoms with Gasteiger partial charge in [-0.3, -0.25) is 10.3 Å². The number of carbonyl (C=O) groups excluding carboxylic acids is 1. The second kappa shape index (κ2) is 7.25. The van der Waals surface area contributed by atoms with E-state index in [0.717, 1.165) is 22.0 Å². The molecule has 20 heavy (non-hydrogen) atoms. The van der Waals surface area contributed by atoms with E-state index in [0.29, 0.717) is 11.6 Å². The summed E-state index contributed by atoms with van der Waals surface area (Å²) in [6.45, 7) is 2.26. The van der Waals surface area contributed by atoms with Crippen LogP contribution in [0.3, 0.4) is 0 Å². The van der Waals surface area contributed by atoms with E-state index < -0.39 is 6.09 Å². The SMILES string of the molecule is CSCCOC(=O)Nc1sc(-c2cccnc2)nc1C. The summed E-state index contributed by atoms with van der Waals surface area (Å²) in [5, 5.41) is 4.26. The zero-order chi connectivity index (χ0) is 14.4. The molecule has 0 spiro atoms. The van der Waals surface area contributed by atoms with Crippen molar-refractivity contribution in [2.75, 3.05) is 23.9 Å². The maximum Gasteiger partial charge on any atom is 0.412 e. The van der Waals surface area contributed by atoms with Crippen LogP contribution in [0, 0.1) is 6.92 Å². The molecule has 2 heterocycles. The van der Waals surface area contributed by atoms with Gasteiger partial charge in [0.25, 0.3) is 0 Å². The van der Waals surface area contributed by atoms with Gasteiger partial charge in [-0.1, -0.05) is 11.3 Å². The summed E-state index contributed by atoms with van der Waals surface area (Å²) in [5.41, 5.74) is 1.71. The van der Waals surface area contributed by atoms with Gasteiger partial charge in [-0.25, -0.2) is 9.78 Å². The van der Waals surface area contributed by atoms with Crippen LogP contribution in [-0.2, 0) is 4.74 Å². The van der Waals surface area contributed by atoms with Gasteiger partial charge in [0, 0.05) is 23.7 Å². The fraction of sp³-hybridized carbons (Fsp3) is 0.308. The minimum Gasteiger partial charge on any atom is -0.448 e. The first-order valence-electron chi connectivity index (χ1n) is 6.01. The van der Waals surface area contributed by atoms with Crippen LogP contribution in [0.2, 0.25) is 0 Å². The average molecular weight is 309 g/mol. The first-order chi connectivity index (χ1) is 9.70. The Labute approximate surface area is 125 Å². The third-order valence-electron chi connectivity index (χ3n) is 2.44. The van der Waals surface area contributed by atoms with Crippen LogP contribution < -0.4 is 5.32 Å². The van der Waals surface area contributed by atoms with Gasteiger partial charge < -0.3 is 4.74 Å². The van der Waals surface area contributed by atoms with Crippen molar-refractivity contribution >= 4 is 34.2 Å². The van der Waals surface area contributed by atoms with Gasteiger partial charge in [0.2, 0.25) is 0 Å². The van der Waals surface area contributed by atoms with E-state index >= 15 is 0 Å². The summed E-state index contributed by atoms with van der Waals surface area (Å²) >= 11 is 3.04. The largest absolute Gasteiger partial charge is 0.448 e. The lowest BCUT2D eigenvalue weighted by Gasteiger charge is -2.04. The van der Waals surface area contributed by atoms with Crippen molar-refractivity contribution in [3.05, 3.63) is 30.2 Å². The number of carbonyl (C=O) groups is 1. The highest BCUT2D eigenvalue weighted by Gasteiger charge is 2.12. The van der Waals surface area contributed by atoms with Crippen molar-refractivity contribution in [3.8, 4) is 10.6 Å². The maximum absolute atomic E-state index is 11.6. The molecule has 0 aromatic carbocycles. The summed E-state index contributed by atoms with van der Waals surface area (Å²) < 4.78 is 5.05. The number of aromatic nitrogens is 2. The van der Waals surface area contributed by atoms with E-state index in [-0.39, 0.29) is 0 Å². The number of hydrogen-bond donors (Lipinski definition) is 1. The van der Waals surface area contributed by atoms with Crippen molar-refractivity contribution in [1.29, 1.82) is 0 Å². The number of pyridine rings is 1. The van der Waals surface area contributed by atoms with Crippen LogP contribution in [-0.4, -0.2) is 34.7 Å². The molecule has 0 saturated heterocycles. The number of nitrogens with one attached hydrogen (secondary N) is 1. The van der Waals surface area contributed by atoms with Crippen LogP contribution in [0.25, 0.3) is 10.6 Å². The number of thiazole rings is 1. The Balaban J connectivity index is 2.03. The number of rotatable bonds is 5. The molecular weight excluding hydrogens is 294 g/mol. The number of thioether (sulfide) groups is 1. The second-order valence-electron chi connectivity index (χ2n) is 3.93. The molecule has 7 heteroatoms. The molecule has 106 valence electrons. The Kier molecular flexibility index (Phi) is 5.37. The quantitative estimate of drug-likeness (QED) is 0.857. The summed E-state index contributed by atoms with van der Waals surface area (Å²) in [6, 6.07) is 3.79. The normalized spacial score (nSPS) is 10.3. The third-order valence-corrected chi connectivity index (χ3v) is 4.14. The van der Waals surface area contributed by atoms with E-state index in [1.54, 1.807) is 24.2 Å². The fourth-order valence-corrected chi connectivity index (χ4v) is 2.66. The number of aryl methyl sites for hydroxylation is 1. The molecule has 2 rings (SSSR count). The van der Waals surface area contributed by atoms with E-state index in [1.807, 2.05) is 25.3 Å². The highest BCUT2D eigenvalue weighted by atomic mass is 32.2. The molecule has 2 aromatic rings. The fourth-order valence-electron chi connectivity index (χ4n) is 1.47. The smallest absolute Gasteiger partial charge is 0.412 e. The number of nitrogens with zero attached hydrogens (tertiary/aromatic N) is 2. The van der Waals surface area contributed by atoms with Gasteiger partial charge >= 0.3 is 6.09 Å². The Morgan fingerprint density at radius 1 is 1.55 bits per heavy atom. The molecule has 5 nitrogen and oxygen atoms in total. The Hall–Kier alpha value is -1.60. The van der Waals surface area contributed by atoms with Gasteiger partial charge in [0.15, 0.2) is 0 Å². The van der Waals surface area contributed by atoms with Crippen LogP contribution in [0.15, 0.2) is 24.5 Å². The maximum atomic E-state index is 11.6. The lowest BCUT2D eigenvalue weighted by atomic mass is 10.3. The van der Waals surface area contributed by atoms with E-state index in [1.165, 1.54) is 11.3 Å². The van der Waals surface area contributed by atoms with Crippen molar-refractivity contribution in [3.63, 3.8) is 0 Å². The van der Waals surface area contributed by atoms with Gasteiger partial charge in [-0.05, 0) is 25.3 Å². The van der Waals surface area contributed by atoms with Gasteiger partial charge in [-0.2, -0.15) is 11.8 Å². The Bertz CT molecular complexity index is 572. The highest BCUT2D eigenvalue weighted by Crippen LogP contribution is 2.31. The first-order valence-corrected chi connectivity index (χ1v) is 8.22. The molecule has 0 fully saturated rings. The van der Waals surface area contributed by atoms with Gasteiger partial charge in [0.05, 0.1) is 5.69 Å². The summed E-state index contributed by atoms with van der Waals surface area (Å²) in [7, 11) is 0. The van der Waals surface area contributed by atoms with E-state index in [9.17, 15) is 4.79 Å². The molecule has 0 atom stereocenters. The van der Waals surface area contributed by atoms with Crippen LogP contribution >= 0.6 is 23.1 Å². The molecule has 0 radical (unpaired) electrons. The Morgan fingerprint density at radius 3 is 3.10 bits per heavy atom. The minimum absolute atomic E-state index is 0.403. The topological polar surface area (TPSA) is 64.1 Å². The molecule has 0 aliphatic heterocycles. The molecule has 0 aliphatic rings. The summed E-state index contributed by atoms with van der Waals surface area (Å²) in [6.07, 6.45) is 4.99. The standard InChI is InChI=1S/C13H15N3O2S2/c1-9-11(16-13(17)18-6-7-19-2)20-12(15-9)10-4-3-5-14-8-10/h3-5,8H,6-7H2,1-2H3,(H,16,17). The zero-order valence-electron chi connectivity index (χ0n) is 11.3. The molecule has 1 N–H and O–H groups in total. The summed E-state index contributed by atoms with van der Waals surface area (Å²) in [5.74, 6) is 0.788. The lowest BCUT2D eigenvalue weighted by molar-refractivity contribution is 0.169. The molecule has 0 unspecified atom stereocenters. The molecule has 1 amide bonds. The summed E-state index contributed by atoms with van der Waals surface area (Å²) in [4.78, 5) is 20.1. The predicted octanol–water partition coefficient (Wildman–Crippen LogP) is 3.43. The number of ether oxygens (including phenoxy) is 1. The van der Waals surface area contributed by atoms with Gasteiger partial charge in [0.1, 0.15) is 16.6 Å². The number of amides is 1. The molecular formula is C13H15N3O2S2. The molecule has 0 aliphatic carbocycles. The van der Waals surface area contributed by atoms with Crippen molar-refractivity contribution < 1.29 is 9.53 Å². The van der Waals surface area contributed by atoms with E-state index in [2.05, 4.69) is 15.3 Å². The molecule has 2 aromatic heterocycles. The Morgan fingerprint density at radius 2 is 2.40 bits per heavy atom. The monoisotopic (exact) mass is 309 g/mol. The number of anilines is 1. The lowest BCUT2D eigenvalue weighted by Crippen LogP contribution is -2.15. The van der Waals surface area contributed by atoms with E-state index in [4.69, 9.17) is 4.74 Å². The van der Waals surface area contributed by atoms with Crippen molar-refractivity contribution in [2.24, 2.45) is 0 Å². The average Bonchev–Trinajstić information content (AvgIpc) is 2.81.